The van der Waals surface area contributed by atoms with Crippen LogP contribution >= 0.6 is 0 Å². The SMILES string of the molecule is Cc1cnc(C)c(N2CCCN(C(=O)c3cc(-c4ccccc4)no3)CC2)n1. The minimum absolute atomic E-state index is 0.122. The van der Waals surface area contributed by atoms with Crippen LogP contribution in [0.15, 0.2) is 47.1 Å². The molecule has 1 aliphatic rings. The molecule has 3 aromatic rings. The molecule has 0 bridgehead atoms. The van der Waals surface area contributed by atoms with Crippen molar-refractivity contribution in [2.24, 2.45) is 0 Å². The molecule has 0 N–H and O–H groups in total. The van der Waals surface area contributed by atoms with Gasteiger partial charge in [-0.3, -0.25) is 9.78 Å². The Morgan fingerprint density at radius 1 is 1.07 bits per heavy atom. The van der Waals surface area contributed by atoms with E-state index in [1.165, 1.54) is 0 Å². The minimum Gasteiger partial charge on any atom is -0.353 e. The number of benzene rings is 1. The van der Waals surface area contributed by atoms with Gasteiger partial charge in [0.25, 0.3) is 5.91 Å². The molecule has 144 valence electrons. The highest BCUT2D eigenvalue weighted by molar-refractivity contribution is 5.92. The Morgan fingerprint density at radius 2 is 1.89 bits per heavy atom. The van der Waals surface area contributed by atoms with Crippen LogP contribution in [0.3, 0.4) is 0 Å². The van der Waals surface area contributed by atoms with E-state index in [1.807, 2.05) is 49.1 Å². The molecule has 0 spiro atoms. The molecule has 0 saturated carbocycles. The average Bonchev–Trinajstić information content (AvgIpc) is 3.08. The first kappa shape index (κ1) is 18.2. The van der Waals surface area contributed by atoms with E-state index in [4.69, 9.17) is 4.52 Å². The van der Waals surface area contributed by atoms with Crippen LogP contribution < -0.4 is 4.90 Å². The maximum Gasteiger partial charge on any atom is 0.292 e. The molecule has 0 radical (unpaired) electrons. The van der Waals surface area contributed by atoms with Crippen LogP contribution in [-0.2, 0) is 0 Å². The maximum atomic E-state index is 12.9. The number of nitrogens with zero attached hydrogens (tertiary/aromatic N) is 5. The third-order valence-electron chi connectivity index (χ3n) is 4.92. The maximum absolute atomic E-state index is 12.9. The normalized spacial score (nSPS) is 14.8. The molecule has 7 heteroatoms. The second-order valence-corrected chi connectivity index (χ2v) is 7.00. The van der Waals surface area contributed by atoms with Crippen molar-refractivity contribution in [1.29, 1.82) is 0 Å². The predicted octanol–water partition coefficient (Wildman–Crippen LogP) is 3.10. The molecular weight excluding hydrogens is 354 g/mol. The van der Waals surface area contributed by atoms with Crippen molar-refractivity contribution in [1.82, 2.24) is 20.0 Å². The fourth-order valence-corrected chi connectivity index (χ4v) is 3.43. The molecule has 1 aromatic carbocycles. The molecule has 0 unspecified atom stereocenters. The summed E-state index contributed by atoms with van der Waals surface area (Å²) in [4.78, 5) is 26.0. The second-order valence-electron chi connectivity index (χ2n) is 7.00. The average molecular weight is 377 g/mol. The highest BCUT2D eigenvalue weighted by atomic mass is 16.5. The van der Waals surface area contributed by atoms with Gasteiger partial charge in [-0.1, -0.05) is 35.5 Å². The fourth-order valence-electron chi connectivity index (χ4n) is 3.43. The van der Waals surface area contributed by atoms with Gasteiger partial charge in [0.2, 0.25) is 5.76 Å². The van der Waals surface area contributed by atoms with Gasteiger partial charge in [0.05, 0.1) is 11.4 Å². The first-order valence-corrected chi connectivity index (χ1v) is 9.48. The summed E-state index contributed by atoms with van der Waals surface area (Å²) in [5.41, 5.74) is 3.41. The number of aryl methyl sites for hydroxylation is 2. The zero-order valence-electron chi connectivity index (χ0n) is 16.1. The third kappa shape index (κ3) is 3.74. The molecule has 1 fully saturated rings. The molecule has 1 amide bonds. The van der Waals surface area contributed by atoms with Crippen LogP contribution in [0.1, 0.15) is 28.4 Å². The summed E-state index contributed by atoms with van der Waals surface area (Å²) in [6.45, 7) is 6.75. The van der Waals surface area contributed by atoms with Crippen molar-refractivity contribution in [3.63, 3.8) is 0 Å². The van der Waals surface area contributed by atoms with Crippen LogP contribution in [-0.4, -0.2) is 52.1 Å². The summed E-state index contributed by atoms with van der Waals surface area (Å²) in [6, 6.07) is 11.4. The number of hydrogen-bond donors (Lipinski definition) is 0. The Bertz CT molecular complexity index is 970. The summed E-state index contributed by atoms with van der Waals surface area (Å²) >= 11 is 0. The number of carbonyl (C=O) groups is 1. The minimum atomic E-state index is -0.122. The number of anilines is 1. The van der Waals surface area contributed by atoms with Crippen molar-refractivity contribution >= 4 is 11.7 Å². The van der Waals surface area contributed by atoms with E-state index in [-0.39, 0.29) is 11.7 Å². The number of amides is 1. The van der Waals surface area contributed by atoms with Crippen LogP contribution in [0.2, 0.25) is 0 Å². The number of rotatable bonds is 3. The zero-order chi connectivity index (χ0) is 19.5. The predicted molar refractivity (Wildman–Crippen MR) is 106 cm³/mol. The fraction of sp³-hybridized carbons (Fsp3) is 0.333. The summed E-state index contributed by atoms with van der Waals surface area (Å²) in [7, 11) is 0. The van der Waals surface area contributed by atoms with Crippen molar-refractivity contribution in [2.75, 3.05) is 31.1 Å². The van der Waals surface area contributed by atoms with E-state index < -0.39 is 0 Å². The highest BCUT2D eigenvalue weighted by Crippen LogP contribution is 2.21. The zero-order valence-corrected chi connectivity index (χ0v) is 16.1. The van der Waals surface area contributed by atoms with E-state index in [2.05, 4.69) is 20.0 Å². The Labute approximate surface area is 164 Å². The molecule has 0 aliphatic carbocycles. The molecule has 3 heterocycles. The lowest BCUT2D eigenvalue weighted by atomic mass is 10.1. The van der Waals surface area contributed by atoms with E-state index in [0.29, 0.717) is 25.3 Å². The Kier molecular flexibility index (Phi) is 5.06. The third-order valence-corrected chi connectivity index (χ3v) is 4.92. The Morgan fingerprint density at radius 3 is 2.71 bits per heavy atom. The highest BCUT2D eigenvalue weighted by Gasteiger charge is 2.25. The first-order valence-electron chi connectivity index (χ1n) is 9.48. The lowest BCUT2D eigenvalue weighted by molar-refractivity contribution is 0.0725. The number of aromatic nitrogens is 3. The van der Waals surface area contributed by atoms with Gasteiger partial charge in [0.15, 0.2) is 0 Å². The quantitative estimate of drug-likeness (QED) is 0.698. The number of carbonyl (C=O) groups excluding carboxylic acids is 1. The Hall–Kier alpha value is -3.22. The summed E-state index contributed by atoms with van der Waals surface area (Å²) in [5, 5.41) is 4.06. The molecule has 2 aromatic heterocycles. The molecule has 7 nitrogen and oxygen atoms in total. The summed E-state index contributed by atoms with van der Waals surface area (Å²) < 4.78 is 5.34. The van der Waals surface area contributed by atoms with Crippen LogP contribution in [0.4, 0.5) is 5.82 Å². The van der Waals surface area contributed by atoms with E-state index in [1.54, 1.807) is 12.3 Å². The topological polar surface area (TPSA) is 75.4 Å². The first-order chi connectivity index (χ1) is 13.6. The van der Waals surface area contributed by atoms with Gasteiger partial charge in [-0.25, -0.2) is 4.98 Å². The Balaban J connectivity index is 1.46. The van der Waals surface area contributed by atoms with Gasteiger partial charge in [-0.2, -0.15) is 0 Å². The van der Waals surface area contributed by atoms with Crippen molar-refractivity contribution < 1.29 is 9.32 Å². The second kappa shape index (κ2) is 7.80. The monoisotopic (exact) mass is 377 g/mol. The van der Waals surface area contributed by atoms with Crippen molar-refractivity contribution in [3.05, 3.63) is 59.7 Å². The molecule has 28 heavy (non-hydrogen) atoms. The summed E-state index contributed by atoms with van der Waals surface area (Å²) in [5.74, 6) is 1.06. The van der Waals surface area contributed by atoms with E-state index in [0.717, 1.165) is 35.7 Å². The van der Waals surface area contributed by atoms with Crippen LogP contribution in [0, 0.1) is 13.8 Å². The lowest BCUT2D eigenvalue weighted by Gasteiger charge is -2.23. The van der Waals surface area contributed by atoms with Crippen LogP contribution in [0.5, 0.6) is 0 Å². The molecule has 1 aliphatic heterocycles. The molecular formula is C21H23N5O2. The van der Waals surface area contributed by atoms with E-state index in [9.17, 15) is 4.79 Å². The van der Waals surface area contributed by atoms with Gasteiger partial charge in [-0.05, 0) is 20.3 Å². The van der Waals surface area contributed by atoms with Gasteiger partial charge in [-0.15, -0.1) is 0 Å². The van der Waals surface area contributed by atoms with Crippen molar-refractivity contribution in [3.8, 4) is 11.3 Å². The van der Waals surface area contributed by atoms with Crippen LogP contribution in [0.25, 0.3) is 11.3 Å². The smallest absolute Gasteiger partial charge is 0.292 e. The van der Waals surface area contributed by atoms with Gasteiger partial charge in [0.1, 0.15) is 11.5 Å². The molecule has 1 saturated heterocycles. The van der Waals surface area contributed by atoms with E-state index >= 15 is 0 Å². The molecule has 0 atom stereocenters. The van der Waals surface area contributed by atoms with Gasteiger partial charge >= 0.3 is 0 Å². The van der Waals surface area contributed by atoms with Gasteiger partial charge in [0, 0.05) is 44.0 Å². The standard InChI is InChI=1S/C21H23N5O2/c1-15-14-22-16(2)20(23-15)25-9-6-10-26(12-11-25)21(27)19-13-18(24-28-19)17-7-4-3-5-8-17/h3-5,7-8,13-14H,6,9-12H2,1-2H3. The number of hydrogen-bond acceptors (Lipinski definition) is 6. The van der Waals surface area contributed by atoms with Gasteiger partial charge < -0.3 is 14.3 Å². The summed E-state index contributed by atoms with van der Waals surface area (Å²) in [6.07, 6.45) is 2.64. The lowest BCUT2D eigenvalue weighted by Crippen LogP contribution is -2.35. The molecule has 4 rings (SSSR count). The van der Waals surface area contributed by atoms with Crippen molar-refractivity contribution in [2.45, 2.75) is 20.3 Å². The largest absolute Gasteiger partial charge is 0.353 e.